The van der Waals surface area contributed by atoms with Gasteiger partial charge in [0, 0.05) is 29.5 Å². The molecule has 0 aliphatic carbocycles. The van der Waals surface area contributed by atoms with E-state index in [1.54, 1.807) is 12.1 Å². The summed E-state index contributed by atoms with van der Waals surface area (Å²) in [4.78, 5) is 13.4. The molecule has 5 nitrogen and oxygen atoms in total. The zero-order valence-corrected chi connectivity index (χ0v) is 8.97. The lowest BCUT2D eigenvalue weighted by molar-refractivity contribution is 0.475. The number of aromatic amines is 1. The molecule has 0 radical (unpaired) electrons. The summed E-state index contributed by atoms with van der Waals surface area (Å²) in [5.74, 6) is 0. The minimum absolute atomic E-state index is 0.0436. The molecule has 1 rings (SSSR count). The molecule has 0 saturated heterocycles. The number of nitrogens with zero attached hydrogens (tertiary/aromatic N) is 1. The molecule has 1 N–H and O–H groups in total. The van der Waals surface area contributed by atoms with E-state index in [0.29, 0.717) is 5.69 Å². The minimum Gasteiger partial charge on any atom is -0.325 e. The molecular formula is C7H9ClN2O3S. The Balaban J connectivity index is 2.85. The van der Waals surface area contributed by atoms with Crippen LogP contribution in [-0.4, -0.2) is 24.8 Å². The third-order valence-electron chi connectivity index (χ3n) is 1.59. The summed E-state index contributed by atoms with van der Waals surface area (Å²) in [6, 6.07) is 4.50. The monoisotopic (exact) mass is 236 g/mol. The Morgan fingerprint density at radius 2 is 2.14 bits per heavy atom. The van der Waals surface area contributed by atoms with E-state index in [-0.39, 0.29) is 12.1 Å². The Labute approximate surface area is 85.9 Å². The molecular weight excluding hydrogens is 228 g/mol. The molecule has 7 heteroatoms. The summed E-state index contributed by atoms with van der Waals surface area (Å²) < 4.78 is 22.6. The molecule has 0 amide bonds. The van der Waals surface area contributed by atoms with Gasteiger partial charge in [0.25, 0.3) is 9.24 Å². The lowest BCUT2D eigenvalue weighted by atomic mass is 10.3. The zero-order valence-electron chi connectivity index (χ0n) is 7.40. The predicted octanol–water partition coefficient (Wildman–Crippen LogP) is 0.290. The average Bonchev–Trinajstić information content (AvgIpc) is 2.02. The van der Waals surface area contributed by atoms with Crippen molar-refractivity contribution in [3.63, 3.8) is 0 Å². The van der Waals surface area contributed by atoms with Crippen LogP contribution in [0, 0.1) is 0 Å². The first-order chi connectivity index (χ1) is 6.39. The number of pyridine rings is 1. The number of hydrogen-bond donors (Lipinski definition) is 1. The molecule has 0 aliphatic rings. The minimum atomic E-state index is -3.73. The molecule has 0 aliphatic heterocycles. The number of rotatable bonds is 3. The van der Waals surface area contributed by atoms with E-state index in [2.05, 4.69) is 4.98 Å². The second-order valence-corrected chi connectivity index (χ2v) is 5.36. The molecule has 0 saturated carbocycles. The first-order valence-corrected chi connectivity index (χ1v) is 6.00. The molecule has 1 aromatic rings. The van der Waals surface area contributed by atoms with Crippen LogP contribution in [0.5, 0.6) is 0 Å². The number of aromatic nitrogens is 1. The van der Waals surface area contributed by atoms with Crippen molar-refractivity contribution in [1.82, 2.24) is 9.29 Å². The van der Waals surface area contributed by atoms with Crippen molar-refractivity contribution in [3.05, 3.63) is 34.2 Å². The van der Waals surface area contributed by atoms with E-state index in [1.165, 1.54) is 13.1 Å². The molecule has 14 heavy (non-hydrogen) atoms. The smallest absolute Gasteiger partial charge is 0.299 e. The highest BCUT2D eigenvalue weighted by Gasteiger charge is 2.13. The van der Waals surface area contributed by atoms with Crippen LogP contribution in [0.3, 0.4) is 0 Å². The summed E-state index contributed by atoms with van der Waals surface area (Å²) in [7, 11) is 2.68. The van der Waals surface area contributed by atoms with E-state index in [9.17, 15) is 13.2 Å². The Morgan fingerprint density at radius 1 is 1.50 bits per heavy atom. The standard InChI is InChI=1S/C7H9ClN2O3S/c1-10(14(8,12)13)5-6-3-2-4-7(11)9-6/h2-4H,5H2,1H3,(H,9,11). The summed E-state index contributed by atoms with van der Waals surface area (Å²) in [5.41, 5.74) is 0.215. The van der Waals surface area contributed by atoms with Gasteiger partial charge in [0.2, 0.25) is 5.56 Å². The molecule has 0 fully saturated rings. The van der Waals surface area contributed by atoms with Crippen LogP contribution in [0.2, 0.25) is 0 Å². The maximum absolute atomic E-state index is 10.9. The molecule has 0 bridgehead atoms. The van der Waals surface area contributed by atoms with Crippen molar-refractivity contribution in [2.45, 2.75) is 6.54 Å². The first kappa shape index (κ1) is 11.2. The predicted molar refractivity (Wildman–Crippen MR) is 53.3 cm³/mol. The molecule has 1 aromatic heterocycles. The van der Waals surface area contributed by atoms with Crippen molar-refractivity contribution in [3.8, 4) is 0 Å². The number of H-pyrrole nitrogens is 1. The van der Waals surface area contributed by atoms with Crippen LogP contribution >= 0.6 is 10.7 Å². The van der Waals surface area contributed by atoms with Gasteiger partial charge in [-0.1, -0.05) is 6.07 Å². The van der Waals surface area contributed by atoms with E-state index in [4.69, 9.17) is 10.7 Å². The molecule has 0 aromatic carbocycles. The highest BCUT2D eigenvalue weighted by molar-refractivity contribution is 8.11. The lowest BCUT2D eigenvalue weighted by Crippen LogP contribution is -2.23. The first-order valence-electron chi connectivity index (χ1n) is 3.74. The van der Waals surface area contributed by atoms with Gasteiger partial charge in [-0.3, -0.25) is 4.79 Å². The third-order valence-corrected chi connectivity index (χ3v) is 3.17. The van der Waals surface area contributed by atoms with Crippen LogP contribution in [-0.2, 0) is 15.8 Å². The summed E-state index contributed by atoms with van der Waals surface area (Å²) in [5, 5.41) is 0. The zero-order chi connectivity index (χ0) is 10.8. The lowest BCUT2D eigenvalue weighted by Gasteiger charge is -2.11. The molecule has 0 spiro atoms. The third kappa shape index (κ3) is 3.13. The largest absolute Gasteiger partial charge is 0.325 e. The van der Waals surface area contributed by atoms with Gasteiger partial charge in [-0.05, 0) is 6.07 Å². The highest BCUT2D eigenvalue weighted by atomic mass is 35.7. The van der Waals surface area contributed by atoms with Crippen LogP contribution in [0.1, 0.15) is 5.69 Å². The van der Waals surface area contributed by atoms with Crippen LogP contribution < -0.4 is 5.56 Å². The van der Waals surface area contributed by atoms with Gasteiger partial charge in [0.05, 0.1) is 6.54 Å². The highest BCUT2D eigenvalue weighted by Crippen LogP contribution is 2.06. The molecule has 78 valence electrons. The number of nitrogens with one attached hydrogen (secondary N) is 1. The Hall–Kier alpha value is -0.850. The fraction of sp³-hybridized carbons (Fsp3) is 0.286. The van der Waals surface area contributed by atoms with Gasteiger partial charge in [0.15, 0.2) is 0 Å². The topological polar surface area (TPSA) is 70.2 Å². The fourth-order valence-electron chi connectivity index (χ4n) is 0.902. The second kappa shape index (κ2) is 4.12. The van der Waals surface area contributed by atoms with Gasteiger partial charge in [-0.25, -0.2) is 0 Å². The summed E-state index contributed by atoms with van der Waals surface area (Å²) in [6.45, 7) is 0.0436. The molecule has 0 unspecified atom stereocenters. The van der Waals surface area contributed by atoms with Crippen molar-refractivity contribution < 1.29 is 8.42 Å². The van der Waals surface area contributed by atoms with Gasteiger partial charge in [-0.15, -0.1) is 0 Å². The number of hydrogen-bond acceptors (Lipinski definition) is 3. The van der Waals surface area contributed by atoms with Gasteiger partial charge in [0.1, 0.15) is 0 Å². The van der Waals surface area contributed by atoms with Crippen molar-refractivity contribution in [1.29, 1.82) is 0 Å². The fourth-order valence-corrected chi connectivity index (χ4v) is 1.34. The van der Waals surface area contributed by atoms with Crippen molar-refractivity contribution >= 4 is 19.9 Å². The average molecular weight is 237 g/mol. The normalized spacial score (nSPS) is 11.9. The second-order valence-electron chi connectivity index (χ2n) is 2.74. The van der Waals surface area contributed by atoms with Crippen molar-refractivity contribution in [2.24, 2.45) is 0 Å². The van der Waals surface area contributed by atoms with E-state index in [1.807, 2.05) is 0 Å². The Bertz CT molecular complexity index is 468. The van der Waals surface area contributed by atoms with E-state index >= 15 is 0 Å². The maximum atomic E-state index is 10.9. The van der Waals surface area contributed by atoms with E-state index in [0.717, 1.165) is 4.31 Å². The van der Waals surface area contributed by atoms with Crippen molar-refractivity contribution in [2.75, 3.05) is 7.05 Å². The summed E-state index contributed by atoms with van der Waals surface area (Å²) in [6.07, 6.45) is 0. The number of halogens is 1. The molecule has 1 heterocycles. The van der Waals surface area contributed by atoms with Gasteiger partial charge < -0.3 is 4.98 Å². The quantitative estimate of drug-likeness (QED) is 0.767. The summed E-state index contributed by atoms with van der Waals surface area (Å²) >= 11 is 0. The molecule has 0 atom stereocenters. The van der Waals surface area contributed by atoms with Gasteiger partial charge in [-0.2, -0.15) is 12.7 Å². The van der Waals surface area contributed by atoms with Crippen LogP contribution in [0.15, 0.2) is 23.0 Å². The Kier molecular flexibility index (Phi) is 3.30. The SMILES string of the molecule is CN(Cc1cccc(=O)[nH]1)S(=O)(=O)Cl. The van der Waals surface area contributed by atoms with Gasteiger partial charge >= 0.3 is 0 Å². The van der Waals surface area contributed by atoms with Crippen LogP contribution in [0.25, 0.3) is 0 Å². The maximum Gasteiger partial charge on any atom is 0.299 e. The van der Waals surface area contributed by atoms with Crippen LogP contribution in [0.4, 0.5) is 0 Å². The Morgan fingerprint density at radius 3 is 2.64 bits per heavy atom. The van der Waals surface area contributed by atoms with E-state index < -0.39 is 9.24 Å².